The molecule has 16 heavy (non-hydrogen) atoms. The molecule has 1 heterocycles. The highest BCUT2D eigenvalue weighted by Gasteiger charge is 2.33. The maximum absolute atomic E-state index is 11.7. The van der Waals surface area contributed by atoms with Gasteiger partial charge < -0.3 is 20.2 Å². The first-order valence-electron chi connectivity index (χ1n) is 4.91. The molecule has 1 aliphatic heterocycles. The highest BCUT2D eigenvalue weighted by atomic mass is 16.6. The second kappa shape index (κ2) is 5.45. The van der Waals surface area contributed by atoms with Crippen molar-refractivity contribution in [2.75, 3.05) is 27.2 Å². The number of likely N-dealkylation sites (N-methyl/N-ethyl adjacent to an activating group) is 2. The molecule has 0 aliphatic carbocycles. The molecular formula is C9H15N3O4. The quantitative estimate of drug-likeness (QED) is 0.624. The van der Waals surface area contributed by atoms with Crippen molar-refractivity contribution in [1.29, 1.82) is 0 Å². The van der Waals surface area contributed by atoms with E-state index in [9.17, 15) is 9.59 Å². The van der Waals surface area contributed by atoms with Gasteiger partial charge in [-0.1, -0.05) is 5.16 Å². The zero-order valence-electron chi connectivity index (χ0n) is 9.27. The number of carbonyl (C=O) groups is 2. The summed E-state index contributed by atoms with van der Waals surface area (Å²) >= 11 is 0. The minimum absolute atomic E-state index is 0.0259. The molecule has 1 amide bonds. The van der Waals surface area contributed by atoms with Crippen molar-refractivity contribution in [3.05, 3.63) is 0 Å². The van der Waals surface area contributed by atoms with Gasteiger partial charge in [0.15, 0.2) is 5.71 Å². The topological polar surface area (TPSA) is 91.2 Å². The van der Waals surface area contributed by atoms with Crippen LogP contribution in [0.15, 0.2) is 5.16 Å². The maximum atomic E-state index is 11.7. The SMILES string of the molecule is CNCCN(C)C(=O)C1CC(C(=O)O)=NO1. The number of amides is 1. The molecule has 1 rings (SSSR count). The number of carboxylic acids is 1. The number of rotatable bonds is 5. The van der Waals surface area contributed by atoms with Crippen LogP contribution in [-0.2, 0) is 14.4 Å². The number of nitrogens with zero attached hydrogens (tertiary/aromatic N) is 2. The van der Waals surface area contributed by atoms with Crippen LogP contribution in [0.2, 0.25) is 0 Å². The Balaban J connectivity index is 2.43. The van der Waals surface area contributed by atoms with E-state index in [0.717, 1.165) is 0 Å². The number of oxime groups is 1. The normalized spacial score (nSPS) is 18.9. The first-order valence-corrected chi connectivity index (χ1v) is 4.91. The summed E-state index contributed by atoms with van der Waals surface area (Å²) in [5.41, 5.74) is -0.111. The highest BCUT2D eigenvalue weighted by molar-refractivity contribution is 6.36. The minimum atomic E-state index is -1.15. The van der Waals surface area contributed by atoms with Gasteiger partial charge in [-0.3, -0.25) is 4.79 Å². The summed E-state index contributed by atoms with van der Waals surface area (Å²) in [7, 11) is 3.43. The molecule has 2 N–H and O–H groups in total. The summed E-state index contributed by atoms with van der Waals surface area (Å²) in [4.78, 5) is 28.6. The lowest BCUT2D eigenvalue weighted by atomic mass is 10.1. The molecule has 1 atom stereocenters. The Kier molecular flexibility index (Phi) is 4.24. The monoisotopic (exact) mass is 229 g/mol. The summed E-state index contributed by atoms with van der Waals surface area (Å²) in [6.45, 7) is 1.21. The van der Waals surface area contributed by atoms with Crippen LogP contribution >= 0.6 is 0 Å². The molecule has 0 fully saturated rings. The largest absolute Gasteiger partial charge is 0.477 e. The first-order chi connectivity index (χ1) is 7.56. The maximum Gasteiger partial charge on any atom is 0.353 e. The molecule has 0 spiro atoms. The third-order valence-corrected chi connectivity index (χ3v) is 2.26. The fourth-order valence-corrected chi connectivity index (χ4v) is 1.27. The second-order valence-corrected chi connectivity index (χ2v) is 3.50. The molecule has 0 aromatic rings. The van der Waals surface area contributed by atoms with Crippen LogP contribution in [-0.4, -0.2) is 60.9 Å². The van der Waals surface area contributed by atoms with Crippen molar-refractivity contribution in [1.82, 2.24) is 10.2 Å². The fraction of sp³-hybridized carbons (Fsp3) is 0.667. The molecule has 0 aromatic heterocycles. The molecule has 7 heteroatoms. The van der Waals surface area contributed by atoms with Crippen molar-refractivity contribution in [3.8, 4) is 0 Å². The lowest BCUT2D eigenvalue weighted by Gasteiger charge is -2.19. The number of carboxylic acid groups (broad SMARTS) is 1. The van der Waals surface area contributed by atoms with Crippen LogP contribution in [0.25, 0.3) is 0 Å². The van der Waals surface area contributed by atoms with Gasteiger partial charge in [-0.2, -0.15) is 0 Å². The molecule has 0 aromatic carbocycles. The van der Waals surface area contributed by atoms with Crippen molar-refractivity contribution >= 4 is 17.6 Å². The Bertz CT molecular complexity index is 316. The number of nitrogens with one attached hydrogen (secondary N) is 1. The van der Waals surface area contributed by atoms with Crippen LogP contribution < -0.4 is 5.32 Å². The molecule has 1 aliphatic rings. The second-order valence-electron chi connectivity index (χ2n) is 3.50. The lowest BCUT2D eigenvalue weighted by molar-refractivity contribution is -0.140. The minimum Gasteiger partial charge on any atom is -0.477 e. The van der Waals surface area contributed by atoms with E-state index >= 15 is 0 Å². The van der Waals surface area contributed by atoms with E-state index in [1.165, 1.54) is 4.90 Å². The molecule has 0 saturated heterocycles. The van der Waals surface area contributed by atoms with Crippen molar-refractivity contribution in [2.24, 2.45) is 5.16 Å². The molecule has 0 bridgehead atoms. The summed E-state index contributed by atoms with van der Waals surface area (Å²) in [5.74, 6) is -1.40. The van der Waals surface area contributed by atoms with E-state index < -0.39 is 12.1 Å². The van der Waals surface area contributed by atoms with E-state index in [1.54, 1.807) is 14.1 Å². The van der Waals surface area contributed by atoms with Gasteiger partial charge in [0.25, 0.3) is 5.91 Å². The molecular weight excluding hydrogens is 214 g/mol. The van der Waals surface area contributed by atoms with Crippen LogP contribution in [0.3, 0.4) is 0 Å². The van der Waals surface area contributed by atoms with Gasteiger partial charge in [-0.05, 0) is 7.05 Å². The average Bonchev–Trinajstić information content (AvgIpc) is 2.74. The number of aliphatic carboxylic acids is 1. The smallest absolute Gasteiger partial charge is 0.353 e. The van der Waals surface area contributed by atoms with Gasteiger partial charge in [0.1, 0.15) is 0 Å². The average molecular weight is 229 g/mol. The summed E-state index contributed by atoms with van der Waals surface area (Å²) in [6.07, 6.45) is -0.772. The Morgan fingerprint density at radius 3 is 2.88 bits per heavy atom. The van der Waals surface area contributed by atoms with E-state index in [1.807, 2.05) is 0 Å². The Hall–Kier alpha value is -1.63. The van der Waals surface area contributed by atoms with Crippen molar-refractivity contribution in [3.63, 3.8) is 0 Å². The zero-order valence-corrected chi connectivity index (χ0v) is 9.27. The van der Waals surface area contributed by atoms with Gasteiger partial charge in [0.2, 0.25) is 6.10 Å². The fourth-order valence-electron chi connectivity index (χ4n) is 1.27. The van der Waals surface area contributed by atoms with Crippen LogP contribution in [0.5, 0.6) is 0 Å². The van der Waals surface area contributed by atoms with Gasteiger partial charge in [-0.15, -0.1) is 0 Å². The third kappa shape index (κ3) is 2.93. The predicted octanol–water partition coefficient (Wildman–Crippen LogP) is -1.11. The summed E-state index contributed by atoms with van der Waals surface area (Å²) in [6, 6.07) is 0. The summed E-state index contributed by atoms with van der Waals surface area (Å²) in [5, 5.41) is 14.9. The third-order valence-electron chi connectivity index (χ3n) is 2.26. The molecule has 0 saturated carbocycles. The van der Waals surface area contributed by atoms with E-state index in [0.29, 0.717) is 13.1 Å². The van der Waals surface area contributed by atoms with Crippen LogP contribution in [0.4, 0.5) is 0 Å². The Morgan fingerprint density at radius 1 is 1.69 bits per heavy atom. The standard InChI is InChI=1S/C9H15N3O4/c1-10-3-4-12(2)8(13)7-5-6(9(14)15)11-16-7/h7,10H,3-5H2,1-2H3,(H,14,15). The Morgan fingerprint density at radius 2 is 2.38 bits per heavy atom. The molecule has 90 valence electrons. The first kappa shape index (κ1) is 12.4. The van der Waals surface area contributed by atoms with Gasteiger partial charge in [0, 0.05) is 26.6 Å². The molecule has 1 unspecified atom stereocenters. The van der Waals surface area contributed by atoms with Gasteiger partial charge in [0.05, 0.1) is 0 Å². The number of carbonyl (C=O) groups excluding carboxylic acids is 1. The van der Waals surface area contributed by atoms with E-state index in [-0.39, 0.29) is 18.0 Å². The van der Waals surface area contributed by atoms with Gasteiger partial charge in [-0.25, -0.2) is 4.79 Å². The van der Waals surface area contributed by atoms with Crippen molar-refractivity contribution in [2.45, 2.75) is 12.5 Å². The van der Waals surface area contributed by atoms with Crippen LogP contribution in [0.1, 0.15) is 6.42 Å². The number of hydrogen-bond acceptors (Lipinski definition) is 5. The van der Waals surface area contributed by atoms with Gasteiger partial charge >= 0.3 is 5.97 Å². The highest BCUT2D eigenvalue weighted by Crippen LogP contribution is 2.12. The van der Waals surface area contributed by atoms with E-state index in [2.05, 4.69) is 10.5 Å². The molecule has 0 radical (unpaired) electrons. The van der Waals surface area contributed by atoms with Crippen LogP contribution in [0, 0.1) is 0 Å². The number of hydrogen-bond donors (Lipinski definition) is 2. The molecule has 7 nitrogen and oxygen atoms in total. The predicted molar refractivity (Wildman–Crippen MR) is 56.1 cm³/mol. The Labute approximate surface area is 93.0 Å². The van der Waals surface area contributed by atoms with E-state index in [4.69, 9.17) is 9.94 Å². The van der Waals surface area contributed by atoms with Crippen molar-refractivity contribution < 1.29 is 19.5 Å². The lowest BCUT2D eigenvalue weighted by Crippen LogP contribution is -2.40. The summed E-state index contributed by atoms with van der Waals surface area (Å²) < 4.78 is 0. The zero-order chi connectivity index (χ0) is 12.1.